The molecule has 10 nitrogen and oxygen atoms in total. The molecule has 1 amide bonds. The zero-order valence-electron chi connectivity index (χ0n) is 21.8. The van der Waals surface area contributed by atoms with Crippen molar-refractivity contribution < 1.29 is 27.5 Å². The molecule has 1 aromatic carbocycles. The Morgan fingerprint density at radius 1 is 1.08 bits per heavy atom. The van der Waals surface area contributed by atoms with Crippen LogP contribution in [0.2, 0.25) is 0 Å². The second-order valence-corrected chi connectivity index (χ2v) is 11.0. The molecule has 0 atom stereocenters. The van der Waals surface area contributed by atoms with Gasteiger partial charge in [0.1, 0.15) is 0 Å². The van der Waals surface area contributed by atoms with Crippen LogP contribution in [-0.2, 0) is 32.6 Å². The summed E-state index contributed by atoms with van der Waals surface area (Å²) in [7, 11) is -2.30. The third-order valence-electron chi connectivity index (χ3n) is 6.21. The van der Waals surface area contributed by atoms with Crippen LogP contribution in [0, 0.1) is 0 Å². The summed E-state index contributed by atoms with van der Waals surface area (Å²) in [4.78, 5) is 32.1. The lowest BCUT2D eigenvalue weighted by Gasteiger charge is -2.34. The highest BCUT2D eigenvalue weighted by atomic mass is 32.2. The third kappa shape index (κ3) is 7.90. The molecule has 2 heterocycles. The molecule has 0 aliphatic carbocycles. The number of carbonyl (C=O) groups is 2. The summed E-state index contributed by atoms with van der Waals surface area (Å²) in [5, 5.41) is 0. The number of ether oxygens (including phenoxy) is 2. The van der Waals surface area contributed by atoms with Crippen molar-refractivity contribution in [3.8, 4) is 0 Å². The standard InChI is InChI=1S/C26H36N4O6S/c1-4-6-16-36-26(32)29-14-12-28(13-15-29)19-21-8-7-9-24(17-21)30(37(33,34)5-2)20-23-11-10-22(18-27-23)25(31)35-3/h7-11,17-18H,4-6,12-16,19-20H2,1-3H3. The molecule has 202 valence electrons. The van der Waals surface area contributed by atoms with Crippen LogP contribution in [0.1, 0.15) is 48.3 Å². The summed E-state index contributed by atoms with van der Waals surface area (Å²) in [5.74, 6) is -0.563. The molecule has 37 heavy (non-hydrogen) atoms. The summed E-state index contributed by atoms with van der Waals surface area (Å²) in [5.41, 5.74) is 2.34. The summed E-state index contributed by atoms with van der Waals surface area (Å²) in [6.07, 6.45) is 2.97. The fraction of sp³-hybridized carbons (Fsp3) is 0.500. The molecule has 0 bridgehead atoms. The van der Waals surface area contributed by atoms with E-state index in [-0.39, 0.29) is 18.4 Å². The van der Waals surface area contributed by atoms with Gasteiger partial charge in [0, 0.05) is 38.9 Å². The maximum Gasteiger partial charge on any atom is 0.409 e. The molecule has 11 heteroatoms. The molecular formula is C26H36N4O6S. The number of carbonyl (C=O) groups excluding carboxylic acids is 2. The van der Waals surface area contributed by atoms with Crippen LogP contribution in [0.15, 0.2) is 42.6 Å². The number of benzene rings is 1. The number of sulfonamides is 1. The van der Waals surface area contributed by atoms with Gasteiger partial charge < -0.3 is 14.4 Å². The predicted molar refractivity (Wildman–Crippen MR) is 141 cm³/mol. The number of hydrogen-bond acceptors (Lipinski definition) is 8. The molecule has 1 fully saturated rings. The first kappa shape index (κ1) is 28.4. The minimum absolute atomic E-state index is 0.0416. The Hall–Kier alpha value is -3.18. The number of methoxy groups -OCH3 is 1. The molecular weight excluding hydrogens is 496 g/mol. The van der Waals surface area contributed by atoms with Gasteiger partial charge in [0.15, 0.2) is 0 Å². The average Bonchev–Trinajstić information content (AvgIpc) is 2.92. The van der Waals surface area contributed by atoms with E-state index in [9.17, 15) is 18.0 Å². The van der Waals surface area contributed by atoms with Gasteiger partial charge in [-0.1, -0.05) is 25.5 Å². The monoisotopic (exact) mass is 532 g/mol. The number of pyridine rings is 1. The highest BCUT2D eigenvalue weighted by Crippen LogP contribution is 2.23. The van der Waals surface area contributed by atoms with Gasteiger partial charge in [-0.2, -0.15) is 0 Å². The van der Waals surface area contributed by atoms with Crippen LogP contribution in [0.3, 0.4) is 0 Å². The molecule has 1 aliphatic heterocycles. The topological polar surface area (TPSA) is 109 Å². The van der Waals surface area contributed by atoms with Gasteiger partial charge in [-0.05, 0) is 43.2 Å². The molecule has 3 rings (SSSR count). The van der Waals surface area contributed by atoms with E-state index in [4.69, 9.17) is 9.47 Å². The van der Waals surface area contributed by atoms with Crippen LogP contribution in [0.25, 0.3) is 0 Å². The molecule has 1 aliphatic rings. The van der Waals surface area contributed by atoms with Gasteiger partial charge in [0.05, 0.1) is 43.0 Å². The fourth-order valence-electron chi connectivity index (χ4n) is 3.96. The van der Waals surface area contributed by atoms with E-state index < -0.39 is 16.0 Å². The summed E-state index contributed by atoms with van der Waals surface area (Å²) in [6.45, 7) is 7.39. The smallest absolute Gasteiger partial charge is 0.409 e. The van der Waals surface area contributed by atoms with E-state index in [1.807, 2.05) is 18.2 Å². The van der Waals surface area contributed by atoms with Crippen molar-refractivity contribution >= 4 is 27.8 Å². The maximum absolute atomic E-state index is 13.0. The zero-order valence-corrected chi connectivity index (χ0v) is 22.6. The minimum Gasteiger partial charge on any atom is -0.465 e. The SMILES string of the molecule is CCCCOC(=O)N1CCN(Cc2cccc(N(Cc3ccc(C(=O)OC)cn3)S(=O)(=O)CC)c2)CC1. The van der Waals surface area contributed by atoms with E-state index in [1.54, 1.807) is 30.0 Å². The first-order valence-corrected chi connectivity index (χ1v) is 14.1. The minimum atomic E-state index is -3.59. The highest BCUT2D eigenvalue weighted by molar-refractivity contribution is 7.92. The Labute approximate surface area is 219 Å². The van der Waals surface area contributed by atoms with Crippen molar-refractivity contribution in [3.05, 3.63) is 59.4 Å². The first-order valence-electron chi connectivity index (χ1n) is 12.5. The van der Waals surface area contributed by atoms with Crippen molar-refractivity contribution in [2.75, 3.05) is 50.0 Å². The number of aromatic nitrogens is 1. The largest absolute Gasteiger partial charge is 0.465 e. The van der Waals surface area contributed by atoms with E-state index in [0.29, 0.717) is 56.3 Å². The maximum atomic E-state index is 13.0. The normalized spacial score (nSPS) is 14.3. The molecule has 0 unspecified atom stereocenters. The fourth-order valence-corrected chi connectivity index (χ4v) is 5.04. The number of esters is 1. The van der Waals surface area contributed by atoms with Crippen molar-refractivity contribution in [2.24, 2.45) is 0 Å². The number of rotatable bonds is 11. The first-order chi connectivity index (χ1) is 17.8. The molecule has 0 spiro atoms. The lowest BCUT2D eigenvalue weighted by molar-refractivity contribution is 0.0600. The van der Waals surface area contributed by atoms with Crippen LogP contribution in [0.4, 0.5) is 10.5 Å². The number of amides is 1. The van der Waals surface area contributed by atoms with E-state index in [0.717, 1.165) is 18.4 Å². The molecule has 0 radical (unpaired) electrons. The van der Waals surface area contributed by atoms with Gasteiger partial charge >= 0.3 is 12.1 Å². The average molecular weight is 533 g/mol. The molecule has 0 saturated carbocycles. The van der Waals surface area contributed by atoms with Crippen LogP contribution >= 0.6 is 0 Å². The van der Waals surface area contributed by atoms with Gasteiger partial charge in [-0.25, -0.2) is 18.0 Å². The molecule has 0 N–H and O–H groups in total. The lowest BCUT2D eigenvalue weighted by atomic mass is 10.1. The number of nitrogens with zero attached hydrogens (tertiary/aromatic N) is 4. The number of anilines is 1. The molecule has 1 saturated heterocycles. The van der Waals surface area contributed by atoms with Crippen LogP contribution < -0.4 is 4.31 Å². The number of unbranched alkanes of at least 4 members (excludes halogenated alkanes) is 1. The van der Waals surface area contributed by atoms with Crippen molar-refractivity contribution in [3.63, 3.8) is 0 Å². The quantitative estimate of drug-likeness (QED) is 0.320. The van der Waals surface area contributed by atoms with Gasteiger partial charge in [-0.15, -0.1) is 0 Å². The Bertz CT molecular complexity index is 1150. The number of piperazine rings is 1. The Kier molecular flexibility index (Phi) is 10.3. The number of hydrogen-bond donors (Lipinski definition) is 0. The van der Waals surface area contributed by atoms with Gasteiger partial charge in [0.25, 0.3) is 0 Å². The summed E-state index contributed by atoms with van der Waals surface area (Å²) in [6, 6.07) is 10.7. The Morgan fingerprint density at radius 3 is 2.46 bits per heavy atom. The van der Waals surface area contributed by atoms with Gasteiger partial charge in [-0.3, -0.25) is 14.2 Å². The predicted octanol–water partition coefficient (Wildman–Crippen LogP) is 3.28. The summed E-state index contributed by atoms with van der Waals surface area (Å²) >= 11 is 0. The van der Waals surface area contributed by atoms with E-state index in [2.05, 4.69) is 16.8 Å². The second-order valence-electron chi connectivity index (χ2n) is 8.84. The molecule has 2 aromatic rings. The van der Waals surface area contributed by atoms with Crippen molar-refractivity contribution in [1.29, 1.82) is 0 Å². The highest BCUT2D eigenvalue weighted by Gasteiger charge is 2.24. The Balaban J connectivity index is 1.67. The third-order valence-corrected chi connectivity index (χ3v) is 7.95. The van der Waals surface area contributed by atoms with E-state index in [1.165, 1.54) is 17.6 Å². The zero-order chi connectivity index (χ0) is 26.8. The second kappa shape index (κ2) is 13.4. The van der Waals surface area contributed by atoms with Crippen LogP contribution in [0.5, 0.6) is 0 Å². The van der Waals surface area contributed by atoms with E-state index >= 15 is 0 Å². The van der Waals surface area contributed by atoms with Gasteiger partial charge in [0.2, 0.25) is 10.0 Å². The molecule has 1 aromatic heterocycles. The van der Waals surface area contributed by atoms with Crippen LogP contribution in [-0.4, -0.2) is 80.9 Å². The Morgan fingerprint density at radius 2 is 1.84 bits per heavy atom. The van der Waals surface area contributed by atoms with Crippen molar-refractivity contribution in [1.82, 2.24) is 14.8 Å². The lowest BCUT2D eigenvalue weighted by Crippen LogP contribution is -2.48. The summed E-state index contributed by atoms with van der Waals surface area (Å²) < 4.78 is 37.3. The van der Waals surface area contributed by atoms with Crippen molar-refractivity contribution in [2.45, 2.75) is 39.8 Å².